The van der Waals surface area contributed by atoms with Crippen LogP contribution < -0.4 is 10.1 Å². The lowest BCUT2D eigenvalue weighted by atomic mass is 10.1. The number of aliphatic imine (C=N–C) groups is 1. The molecule has 0 aliphatic carbocycles. The van der Waals surface area contributed by atoms with E-state index in [9.17, 15) is 22.8 Å². The average Bonchev–Trinajstić information content (AvgIpc) is 2.75. The largest absolute Gasteiger partial charge is 0.573 e. The highest BCUT2D eigenvalue weighted by atomic mass is 35.5. The zero-order valence-corrected chi connectivity index (χ0v) is 19.0. The van der Waals surface area contributed by atoms with Crippen molar-refractivity contribution in [1.82, 2.24) is 15.2 Å². The van der Waals surface area contributed by atoms with Crippen molar-refractivity contribution in [3.8, 4) is 5.75 Å². The van der Waals surface area contributed by atoms with Crippen LogP contribution in [-0.4, -0.2) is 47.5 Å². The van der Waals surface area contributed by atoms with Gasteiger partial charge in [-0.1, -0.05) is 11.6 Å². The molecule has 0 saturated carbocycles. The highest BCUT2D eigenvalue weighted by Crippen LogP contribution is 2.26. The zero-order chi connectivity index (χ0) is 24.4. The molecule has 12 heteroatoms. The number of halogens is 4. The molecule has 0 bridgehead atoms. The van der Waals surface area contributed by atoms with E-state index in [0.29, 0.717) is 30.8 Å². The van der Waals surface area contributed by atoms with Crippen molar-refractivity contribution in [2.75, 3.05) is 13.1 Å². The first-order valence-electron chi connectivity index (χ1n) is 9.51. The Morgan fingerprint density at radius 1 is 1.27 bits per heavy atom. The summed E-state index contributed by atoms with van der Waals surface area (Å²) in [6, 6.07) is 8.17. The minimum Gasteiger partial charge on any atom is -0.406 e. The first-order chi connectivity index (χ1) is 15.6. The molecule has 33 heavy (non-hydrogen) atoms. The minimum absolute atomic E-state index is 0.00192. The SMILES string of the molecule is CC(=O)NCCCN(C=NC(=O)c1cccnc1Cl)/C(=C\S)c1ccc(OC(F)(F)F)cc1. The molecule has 1 N–H and O–H groups in total. The standard InChI is InChI=1S/C21H20ClF3N4O3S/c1-14(30)26-10-3-11-29(13-28-20(31)17-4-2-9-27-19(17)22)18(12-33)15-5-7-16(8-6-15)32-21(23,24)25/h2,4-9,12-13,33H,3,10-11H2,1H3,(H,26,30)/b18-12-,28-13?. The van der Waals surface area contributed by atoms with Crippen LogP contribution in [0.3, 0.4) is 0 Å². The molecule has 0 atom stereocenters. The van der Waals surface area contributed by atoms with Crippen LogP contribution in [0.15, 0.2) is 53.0 Å². The van der Waals surface area contributed by atoms with Gasteiger partial charge in [0.1, 0.15) is 10.9 Å². The van der Waals surface area contributed by atoms with Crippen LogP contribution in [-0.2, 0) is 4.79 Å². The Morgan fingerprint density at radius 3 is 2.55 bits per heavy atom. The third-order valence-electron chi connectivity index (χ3n) is 4.07. The van der Waals surface area contributed by atoms with Gasteiger partial charge in [-0.05, 0) is 53.8 Å². The molecule has 0 fully saturated rings. The molecule has 0 unspecified atom stereocenters. The Balaban J connectivity index is 2.25. The van der Waals surface area contributed by atoms with Crippen molar-refractivity contribution < 1.29 is 27.5 Å². The van der Waals surface area contributed by atoms with Crippen molar-refractivity contribution >= 4 is 48.1 Å². The van der Waals surface area contributed by atoms with Gasteiger partial charge in [-0.25, -0.2) is 4.98 Å². The smallest absolute Gasteiger partial charge is 0.406 e. The van der Waals surface area contributed by atoms with E-state index in [-0.39, 0.29) is 22.4 Å². The maximum Gasteiger partial charge on any atom is 0.573 e. The number of benzene rings is 1. The first-order valence-corrected chi connectivity index (χ1v) is 10.4. The second-order valence-electron chi connectivity index (χ2n) is 6.51. The molecule has 0 radical (unpaired) electrons. The van der Waals surface area contributed by atoms with Gasteiger partial charge in [-0.15, -0.1) is 25.8 Å². The molecule has 0 aliphatic rings. The number of aromatic nitrogens is 1. The van der Waals surface area contributed by atoms with E-state index in [4.69, 9.17) is 11.6 Å². The van der Waals surface area contributed by atoms with E-state index in [1.807, 2.05) is 0 Å². The number of pyridine rings is 1. The second-order valence-corrected chi connectivity index (χ2v) is 7.12. The average molecular weight is 501 g/mol. The number of alkyl halides is 3. The fourth-order valence-electron chi connectivity index (χ4n) is 2.63. The fourth-order valence-corrected chi connectivity index (χ4v) is 3.13. The van der Waals surface area contributed by atoms with Gasteiger partial charge in [0.15, 0.2) is 0 Å². The maximum atomic E-state index is 12.4. The molecule has 1 heterocycles. The highest BCUT2D eigenvalue weighted by Gasteiger charge is 2.31. The first kappa shape index (κ1) is 26.2. The number of carbonyl (C=O) groups is 2. The number of ether oxygens (including phenoxy) is 1. The fraction of sp³-hybridized carbons (Fsp3) is 0.238. The molecule has 1 aromatic carbocycles. The lowest BCUT2D eigenvalue weighted by Crippen LogP contribution is -2.27. The van der Waals surface area contributed by atoms with Gasteiger partial charge < -0.3 is 15.0 Å². The van der Waals surface area contributed by atoms with Crippen molar-refractivity contribution in [3.05, 3.63) is 64.3 Å². The van der Waals surface area contributed by atoms with E-state index in [1.54, 1.807) is 11.0 Å². The Bertz CT molecular complexity index is 1030. The molecule has 7 nitrogen and oxygen atoms in total. The number of nitrogens with one attached hydrogen (secondary N) is 1. The van der Waals surface area contributed by atoms with Crippen LogP contribution in [0, 0.1) is 0 Å². The second kappa shape index (κ2) is 12.3. The molecule has 176 valence electrons. The van der Waals surface area contributed by atoms with Crippen LogP contribution in [0.5, 0.6) is 5.75 Å². The summed E-state index contributed by atoms with van der Waals surface area (Å²) in [6.07, 6.45) is -1.62. The molecular weight excluding hydrogens is 481 g/mol. The van der Waals surface area contributed by atoms with Crippen molar-refractivity contribution in [1.29, 1.82) is 0 Å². The predicted octanol–water partition coefficient (Wildman–Crippen LogP) is 4.56. The summed E-state index contributed by atoms with van der Waals surface area (Å²) < 4.78 is 41.2. The monoisotopic (exact) mass is 500 g/mol. The number of hydrogen-bond acceptors (Lipinski definition) is 5. The summed E-state index contributed by atoms with van der Waals surface area (Å²) in [4.78, 5) is 32.9. The summed E-state index contributed by atoms with van der Waals surface area (Å²) in [7, 11) is 0. The van der Waals surface area contributed by atoms with E-state index in [2.05, 4.69) is 32.7 Å². The van der Waals surface area contributed by atoms with Crippen molar-refractivity contribution in [2.24, 2.45) is 4.99 Å². The summed E-state index contributed by atoms with van der Waals surface area (Å²) >= 11 is 10.1. The summed E-state index contributed by atoms with van der Waals surface area (Å²) in [5, 5.41) is 4.08. The van der Waals surface area contributed by atoms with Gasteiger partial charge in [0.05, 0.1) is 17.6 Å². The van der Waals surface area contributed by atoms with Crippen LogP contribution in [0.2, 0.25) is 5.15 Å². The molecule has 2 rings (SSSR count). The summed E-state index contributed by atoms with van der Waals surface area (Å²) in [6.45, 7) is 2.06. The summed E-state index contributed by atoms with van der Waals surface area (Å²) in [5.41, 5.74) is 1.06. The van der Waals surface area contributed by atoms with Crippen LogP contribution in [0.1, 0.15) is 29.3 Å². The van der Waals surface area contributed by atoms with Crippen LogP contribution in [0.25, 0.3) is 5.70 Å². The maximum absolute atomic E-state index is 12.4. The zero-order valence-electron chi connectivity index (χ0n) is 17.3. The lowest BCUT2D eigenvalue weighted by molar-refractivity contribution is -0.274. The van der Waals surface area contributed by atoms with Gasteiger partial charge in [0.2, 0.25) is 5.91 Å². The van der Waals surface area contributed by atoms with Crippen molar-refractivity contribution in [2.45, 2.75) is 19.7 Å². The third-order valence-corrected chi connectivity index (χ3v) is 4.61. The molecule has 0 spiro atoms. The molecule has 1 aromatic heterocycles. The van der Waals surface area contributed by atoms with Gasteiger partial charge >= 0.3 is 6.36 Å². The third kappa shape index (κ3) is 8.78. The number of nitrogens with zero attached hydrogens (tertiary/aromatic N) is 3. The topological polar surface area (TPSA) is 83.9 Å². The normalized spacial score (nSPS) is 12.0. The van der Waals surface area contributed by atoms with Crippen molar-refractivity contribution in [3.63, 3.8) is 0 Å². The Kier molecular flexibility index (Phi) is 9.74. The van der Waals surface area contributed by atoms with E-state index in [1.165, 1.54) is 43.1 Å². The Morgan fingerprint density at radius 2 is 1.97 bits per heavy atom. The number of thiol groups is 1. The van der Waals surface area contributed by atoms with Gasteiger partial charge in [-0.2, -0.15) is 4.99 Å². The molecular formula is C21H20ClF3N4O3S. The molecule has 0 saturated heterocycles. The number of carbonyl (C=O) groups excluding carboxylic acids is 2. The number of rotatable bonds is 9. The Labute approximate surface area is 198 Å². The summed E-state index contributed by atoms with van der Waals surface area (Å²) in [5.74, 6) is -1.20. The van der Waals surface area contributed by atoms with E-state index < -0.39 is 12.3 Å². The minimum atomic E-state index is -4.81. The molecule has 2 amide bonds. The van der Waals surface area contributed by atoms with Gasteiger partial charge in [-0.3, -0.25) is 9.59 Å². The Hall–Kier alpha value is -3.05. The van der Waals surface area contributed by atoms with Gasteiger partial charge in [0.25, 0.3) is 5.91 Å². The number of hydrogen-bond donors (Lipinski definition) is 2. The lowest BCUT2D eigenvalue weighted by Gasteiger charge is -2.23. The molecule has 0 aliphatic heterocycles. The van der Waals surface area contributed by atoms with E-state index >= 15 is 0 Å². The van der Waals surface area contributed by atoms with E-state index in [0.717, 1.165) is 12.1 Å². The molecule has 2 aromatic rings. The predicted molar refractivity (Wildman–Crippen MR) is 122 cm³/mol. The number of amides is 2. The van der Waals surface area contributed by atoms with Gasteiger partial charge in [0, 0.05) is 26.2 Å². The highest BCUT2D eigenvalue weighted by molar-refractivity contribution is 7.83. The quantitative estimate of drug-likeness (QED) is 0.173. The van der Waals surface area contributed by atoms with Crippen LogP contribution in [0.4, 0.5) is 13.2 Å². The van der Waals surface area contributed by atoms with Crippen LogP contribution >= 0.6 is 24.2 Å².